The van der Waals surface area contributed by atoms with Gasteiger partial charge >= 0.3 is 0 Å². The molecule has 1 aromatic carbocycles. The Bertz CT molecular complexity index is 388. The summed E-state index contributed by atoms with van der Waals surface area (Å²) in [5, 5.41) is 6.16. The minimum Gasteiger partial charge on any atom is -0.355 e. The third kappa shape index (κ3) is 4.57. The first kappa shape index (κ1) is 13.7. The Morgan fingerprint density at radius 1 is 1.24 bits per heavy atom. The summed E-state index contributed by atoms with van der Waals surface area (Å²) in [4.78, 5) is 10.7. The molecule has 1 amide bonds. The van der Waals surface area contributed by atoms with Gasteiger partial charge in [0, 0.05) is 26.1 Å². The van der Waals surface area contributed by atoms with Gasteiger partial charge in [0.05, 0.1) is 0 Å². The van der Waals surface area contributed by atoms with Crippen molar-refractivity contribution >= 4 is 5.91 Å². The van der Waals surface area contributed by atoms with Crippen LogP contribution in [0.4, 0.5) is 0 Å². The summed E-state index contributed by atoms with van der Waals surface area (Å²) in [6.45, 7) is 9.37. The zero-order chi connectivity index (χ0) is 12.8. The van der Waals surface area contributed by atoms with Gasteiger partial charge in [0.15, 0.2) is 0 Å². The highest BCUT2D eigenvalue weighted by Crippen LogP contribution is 2.16. The fourth-order valence-electron chi connectivity index (χ4n) is 1.68. The van der Waals surface area contributed by atoms with Crippen molar-refractivity contribution in [1.29, 1.82) is 0 Å². The van der Waals surface area contributed by atoms with Gasteiger partial charge in [0.1, 0.15) is 0 Å². The van der Waals surface area contributed by atoms with Crippen molar-refractivity contribution in [2.24, 2.45) is 0 Å². The molecule has 2 N–H and O–H groups in total. The number of amides is 1. The van der Waals surface area contributed by atoms with Crippen LogP contribution >= 0.6 is 0 Å². The molecule has 1 atom stereocenters. The quantitative estimate of drug-likeness (QED) is 0.766. The lowest BCUT2D eigenvalue weighted by atomic mass is 10.0. The topological polar surface area (TPSA) is 41.1 Å². The number of benzene rings is 1. The van der Waals surface area contributed by atoms with E-state index in [4.69, 9.17) is 0 Å². The molecule has 1 unspecified atom stereocenters. The third-order valence-corrected chi connectivity index (χ3v) is 2.98. The van der Waals surface area contributed by atoms with Crippen LogP contribution in [0.15, 0.2) is 18.2 Å². The van der Waals surface area contributed by atoms with Crippen LogP contribution in [0.25, 0.3) is 0 Å². The van der Waals surface area contributed by atoms with E-state index in [0.29, 0.717) is 12.6 Å². The van der Waals surface area contributed by atoms with Crippen LogP contribution in [0, 0.1) is 13.8 Å². The first-order valence-corrected chi connectivity index (χ1v) is 6.05. The standard InChI is InChI=1S/C14H22N2O/c1-10-5-6-14(9-11(10)2)12(3)15-7-8-16-13(4)17/h5-6,9,12,15H,7-8H2,1-4H3,(H,16,17). The van der Waals surface area contributed by atoms with Gasteiger partial charge in [-0.3, -0.25) is 4.79 Å². The maximum absolute atomic E-state index is 10.7. The van der Waals surface area contributed by atoms with Gasteiger partial charge in [-0.05, 0) is 37.5 Å². The monoisotopic (exact) mass is 234 g/mol. The Hall–Kier alpha value is -1.35. The van der Waals surface area contributed by atoms with Gasteiger partial charge in [0.25, 0.3) is 0 Å². The van der Waals surface area contributed by atoms with Crippen LogP contribution in [0.2, 0.25) is 0 Å². The normalized spacial score (nSPS) is 12.2. The summed E-state index contributed by atoms with van der Waals surface area (Å²) in [5.74, 6) is 0.0191. The molecular formula is C14H22N2O. The fourth-order valence-corrected chi connectivity index (χ4v) is 1.68. The van der Waals surface area contributed by atoms with Gasteiger partial charge in [-0.25, -0.2) is 0 Å². The zero-order valence-electron chi connectivity index (χ0n) is 11.1. The van der Waals surface area contributed by atoms with Crippen LogP contribution in [0.3, 0.4) is 0 Å². The molecule has 0 fully saturated rings. The predicted molar refractivity (Wildman–Crippen MR) is 71.0 cm³/mol. The third-order valence-electron chi connectivity index (χ3n) is 2.98. The number of aryl methyl sites for hydroxylation is 2. The van der Waals surface area contributed by atoms with Crippen molar-refractivity contribution in [3.8, 4) is 0 Å². The van der Waals surface area contributed by atoms with E-state index >= 15 is 0 Å². The maximum atomic E-state index is 10.7. The second-order valence-electron chi connectivity index (χ2n) is 4.50. The summed E-state index contributed by atoms with van der Waals surface area (Å²) >= 11 is 0. The van der Waals surface area contributed by atoms with Gasteiger partial charge in [-0.2, -0.15) is 0 Å². The fraction of sp³-hybridized carbons (Fsp3) is 0.500. The summed E-state index contributed by atoms with van der Waals surface area (Å²) in [7, 11) is 0. The lowest BCUT2D eigenvalue weighted by Gasteiger charge is -2.15. The molecule has 1 aromatic rings. The number of carbonyl (C=O) groups excluding carboxylic acids is 1. The van der Waals surface area contributed by atoms with Gasteiger partial charge in [0.2, 0.25) is 5.91 Å². The van der Waals surface area contributed by atoms with Crippen molar-refractivity contribution < 1.29 is 4.79 Å². The zero-order valence-corrected chi connectivity index (χ0v) is 11.1. The van der Waals surface area contributed by atoms with Gasteiger partial charge in [-0.15, -0.1) is 0 Å². The van der Waals surface area contributed by atoms with Gasteiger partial charge < -0.3 is 10.6 Å². The molecule has 94 valence electrons. The number of nitrogens with one attached hydrogen (secondary N) is 2. The first-order chi connectivity index (χ1) is 8.00. The highest BCUT2D eigenvalue weighted by atomic mass is 16.1. The molecule has 0 aromatic heterocycles. The summed E-state index contributed by atoms with van der Waals surface area (Å²) in [6.07, 6.45) is 0. The van der Waals surface area contributed by atoms with Crippen molar-refractivity contribution in [3.05, 3.63) is 34.9 Å². The lowest BCUT2D eigenvalue weighted by molar-refractivity contribution is -0.118. The first-order valence-electron chi connectivity index (χ1n) is 6.05. The van der Waals surface area contributed by atoms with Crippen LogP contribution in [-0.4, -0.2) is 19.0 Å². The van der Waals surface area contributed by atoms with E-state index in [9.17, 15) is 4.79 Å². The minimum absolute atomic E-state index is 0.0191. The Balaban J connectivity index is 2.44. The largest absolute Gasteiger partial charge is 0.355 e. The smallest absolute Gasteiger partial charge is 0.216 e. The molecule has 17 heavy (non-hydrogen) atoms. The Morgan fingerprint density at radius 3 is 2.53 bits per heavy atom. The molecule has 0 saturated heterocycles. The molecule has 0 heterocycles. The SMILES string of the molecule is CC(=O)NCCNC(C)c1ccc(C)c(C)c1. The molecule has 3 heteroatoms. The van der Waals surface area contributed by atoms with E-state index in [1.165, 1.54) is 23.6 Å². The molecule has 0 saturated carbocycles. The van der Waals surface area contributed by atoms with Crippen LogP contribution in [-0.2, 0) is 4.79 Å². The lowest BCUT2D eigenvalue weighted by Crippen LogP contribution is -2.31. The molecule has 0 aliphatic rings. The van der Waals surface area contributed by atoms with Crippen LogP contribution in [0.1, 0.15) is 36.6 Å². The maximum Gasteiger partial charge on any atom is 0.216 e. The van der Waals surface area contributed by atoms with Gasteiger partial charge in [-0.1, -0.05) is 18.2 Å². The molecule has 3 nitrogen and oxygen atoms in total. The number of hydrogen-bond donors (Lipinski definition) is 2. The number of hydrogen-bond acceptors (Lipinski definition) is 2. The second-order valence-corrected chi connectivity index (χ2v) is 4.50. The van der Waals surface area contributed by atoms with Crippen LogP contribution in [0.5, 0.6) is 0 Å². The van der Waals surface area contributed by atoms with E-state index in [2.05, 4.69) is 49.6 Å². The number of carbonyl (C=O) groups is 1. The highest BCUT2D eigenvalue weighted by Gasteiger charge is 2.05. The molecule has 0 radical (unpaired) electrons. The minimum atomic E-state index is 0.0191. The Kier molecular flexibility index (Phi) is 5.16. The Labute approximate surface area is 104 Å². The van der Waals surface area contributed by atoms with Crippen molar-refractivity contribution in [3.63, 3.8) is 0 Å². The highest BCUT2D eigenvalue weighted by molar-refractivity contribution is 5.72. The van der Waals surface area contributed by atoms with Crippen molar-refractivity contribution in [2.45, 2.75) is 33.7 Å². The van der Waals surface area contributed by atoms with E-state index in [1.54, 1.807) is 0 Å². The second kappa shape index (κ2) is 6.40. The Morgan fingerprint density at radius 2 is 1.94 bits per heavy atom. The molecule has 0 aliphatic heterocycles. The predicted octanol–water partition coefficient (Wildman–Crippen LogP) is 2.09. The molecule has 0 bridgehead atoms. The number of rotatable bonds is 5. The van der Waals surface area contributed by atoms with Crippen LogP contribution < -0.4 is 10.6 Å². The molecule has 1 rings (SSSR count). The summed E-state index contributed by atoms with van der Waals surface area (Å²) in [5.41, 5.74) is 3.92. The van der Waals surface area contributed by atoms with Crippen molar-refractivity contribution in [1.82, 2.24) is 10.6 Å². The average molecular weight is 234 g/mol. The molecule has 0 aliphatic carbocycles. The van der Waals surface area contributed by atoms with E-state index in [-0.39, 0.29) is 5.91 Å². The van der Waals surface area contributed by atoms with E-state index in [0.717, 1.165) is 6.54 Å². The van der Waals surface area contributed by atoms with E-state index in [1.807, 2.05) is 0 Å². The molecular weight excluding hydrogens is 212 g/mol. The summed E-state index contributed by atoms with van der Waals surface area (Å²) in [6, 6.07) is 6.82. The summed E-state index contributed by atoms with van der Waals surface area (Å²) < 4.78 is 0. The van der Waals surface area contributed by atoms with Crippen molar-refractivity contribution in [2.75, 3.05) is 13.1 Å². The average Bonchev–Trinajstić information content (AvgIpc) is 2.27. The molecule has 0 spiro atoms. The van der Waals surface area contributed by atoms with E-state index < -0.39 is 0 Å².